The third kappa shape index (κ3) is 1.76. The molecule has 3 rings (SSSR count). The molecule has 0 aliphatic carbocycles. The van der Waals surface area contributed by atoms with Crippen molar-refractivity contribution >= 4 is 16.7 Å². The molecule has 1 aliphatic heterocycles. The number of nitrogens with zero attached hydrogens (tertiary/aromatic N) is 3. The van der Waals surface area contributed by atoms with Crippen molar-refractivity contribution in [2.24, 2.45) is 7.05 Å². The summed E-state index contributed by atoms with van der Waals surface area (Å²) in [7, 11) is 1.76. The van der Waals surface area contributed by atoms with Crippen molar-refractivity contribution in [3.05, 3.63) is 34.7 Å². The molecule has 0 radical (unpaired) electrons. The molecule has 18 heavy (non-hydrogen) atoms. The number of hydrogen-bond donors (Lipinski definition) is 1. The zero-order valence-electron chi connectivity index (χ0n) is 10.4. The van der Waals surface area contributed by atoms with E-state index in [4.69, 9.17) is 0 Å². The normalized spacial score (nSPS) is 16.2. The summed E-state index contributed by atoms with van der Waals surface area (Å²) in [5, 5.41) is 4.38. The van der Waals surface area contributed by atoms with Crippen LogP contribution in [-0.2, 0) is 7.05 Å². The Hall–Kier alpha value is -1.88. The van der Waals surface area contributed by atoms with Gasteiger partial charge in [0.05, 0.1) is 0 Å². The predicted molar refractivity (Wildman–Crippen MR) is 72.1 cm³/mol. The van der Waals surface area contributed by atoms with Crippen LogP contribution in [0.4, 0.5) is 5.69 Å². The molecule has 0 saturated carbocycles. The Balaban J connectivity index is 2.17. The Labute approximate surface area is 105 Å². The molecule has 5 heteroatoms. The zero-order valence-corrected chi connectivity index (χ0v) is 10.4. The second-order valence-electron chi connectivity index (χ2n) is 4.53. The van der Waals surface area contributed by atoms with Gasteiger partial charge < -0.3 is 10.2 Å². The van der Waals surface area contributed by atoms with Crippen molar-refractivity contribution < 1.29 is 0 Å². The molecule has 0 spiro atoms. The zero-order chi connectivity index (χ0) is 12.5. The highest BCUT2D eigenvalue weighted by atomic mass is 16.1. The molecule has 1 N–H and O–H groups in total. The van der Waals surface area contributed by atoms with Gasteiger partial charge in [-0.05, 0) is 12.1 Å². The predicted octanol–water partition coefficient (Wildman–Crippen LogP) is 0.343. The van der Waals surface area contributed by atoms with Crippen molar-refractivity contribution in [2.75, 3.05) is 31.1 Å². The van der Waals surface area contributed by atoms with Crippen LogP contribution >= 0.6 is 0 Å². The Kier molecular flexibility index (Phi) is 2.76. The second-order valence-corrected chi connectivity index (χ2v) is 4.53. The molecule has 1 fully saturated rings. The highest BCUT2D eigenvalue weighted by Gasteiger charge is 2.14. The summed E-state index contributed by atoms with van der Waals surface area (Å²) in [6.45, 7) is 3.97. The van der Waals surface area contributed by atoms with Crippen LogP contribution in [0, 0.1) is 0 Å². The quantitative estimate of drug-likeness (QED) is 0.786. The first-order chi connectivity index (χ1) is 8.77. The van der Waals surface area contributed by atoms with Crippen molar-refractivity contribution in [1.29, 1.82) is 0 Å². The summed E-state index contributed by atoms with van der Waals surface area (Å²) in [4.78, 5) is 18.3. The third-order valence-electron chi connectivity index (χ3n) is 3.44. The van der Waals surface area contributed by atoms with Gasteiger partial charge in [-0.3, -0.25) is 9.36 Å². The molecule has 0 atom stereocenters. The average molecular weight is 244 g/mol. The van der Waals surface area contributed by atoms with Gasteiger partial charge in [-0.1, -0.05) is 0 Å². The fourth-order valence-electron chi connectivity index (χ4n) is 2.43. The number of anilines is 1. The van der Waals surface area contributed by atoms with Crippen molar-refractivity contribution in [3.63, 3.8) is 0 Å². The number of nitrogens with one attached hydrogen (secondary N) is 1. The van der Waals surface area contributed by atoms with Gasteiger partial charge in [0.1, 0.15) is 5.65 Å². The van der Waals surface area contributed by atoms with Gasteiger partial charge >= 0.3 is 0 Å². The monoisotopic (exact) mass is 244 g/mol. The lowest BCUT2D eigenvalue weighted by molar-refractivity contribution is 0.590. The number of piperazine rings is 1. The summed E-state index contributed by atoms with van der Waals surface area (Å²) in [6, 6.07) is 5.51. The minimum absolute atomic E-state index is 0.0209. The fraction of sp³-hybridized carbons (Fsp3) is 0.385. The summed E-state index contributed by atoms with van der Waals surface area (Å²) >= 11 is 0. The molecular formula is C13H16N4O. The van der Waals surface area contributed by atoms with Gasteiger partial charge in [0.25, 0.3) is 5.56 Å². The maximum absolute atomic E-state index is 11.6. The van der Waals surface area contributed by atoms with E-state index in [1.807, 2.05) is 12.1 Å². The maximum Gasteiger partial charge on any atom is 0.251 e. The van der Waals surface area contributed by atoms with Crippen LogP contribution in [0.5, 0.6) is 0 Å². The summed E-state index contributed by atoms with van der Waals surface area (Å²) < 4.78 is 1.60. The Morgan fingerprint density at radius 2 is 2.00 bits per heavy atom. The van der Waals surface area contributed by atoms with Crippen LogP contribution in [0.25, 0.3) is 11.0 Å². The Bertz CT molecular complexity index is 628. The van der Waals surface area contributed by atoms with Crippen LogP contribution < -0.4 is 15.8 Å². The highest BCUT2D eigenvalue weighted by Crippen LogP contribution is 2.24. The molecule has 1 saturated heterocycles. The maximum atomic E-state index is 11.6. The van der Waals surface area contributed by atoms with Gasteiger partial charge in [0.2, 0.25) is 0 Å². The van der Waals surface area contributed by atoms with E-state index >= 15 is 0 Å². The Morgan fingerprint density at radius 1 is 1.22 bits per heavy atom. The summed E-state index contributed by atoms with van der Waals surface area (Å²) in [5.74, 6) is 0. The van der Waals surface area contributed by atoms with Crippen LogP contribution in [0.1, 0.15) is 0 Å². The van der Waals surface area contributed by atoms with E-state index in [0.717, 1.165) is 42.9 Å². The fourth-order valence-corrected chi connectivity index (χ4v) is 2.43. The molecule has 2 aromatic rings. The molecule has 0 unspecified atom stereocenters. The molecule has 0 bridgehead atoms. The number of fused-ring (bicyclic) bond motifs is 1. The number of aryl methyl sites for hydroxylation is 1. The molecule has 0 amide bonds. The first-order valence-electron chi connectivity index (χ1n) is 6.18. The van der Waals surface area contributed by atoms with Gasteiger partial charge in [-0.15, -0.1) is 0 Å². The van der Waals surface area contributed by atoms with E-state index < -0.39 is 0 Å². The van der Waals surface area contributed by atoms with E-state index in [1.54, 1.807) is 23.9 Å². The van der Waals surface area contributed by atoms with Crippen LogP contribution in [0.15, 0.2) is 29.2 Å². The smallest absolute Gasteiger partial charge is 0.251 e. The molecule has 94 valence electrons. The minimum Gasteiger partial charge on any atom is -0.368 e. The molecular weight excluding hydrogens is 228 g/mol. The number of pyridine rings is 2. The largest absolute Gasteiger partial charge is 0.368 e. The number of aromatic nitrogens is 2. The van der Waals surface area contributed by atoms with Gasteiger partial charge in [0, 0.05) is 56.6 Å². The minimum atomic E-state index is -0.0209. The van der Waals surface area contributed by atoms with E-state index in [0.29, 0.717) is 0 Å². The van der Waals surface area contributed by atoms with E-state index in [2.05, 4.69) is 15.2 Å². The second kappa shape index (κ2) is 4.42. The molecule has 1 aliphatic rings. The van der Waals surface area contributed by atoms with Crippen molar-refractivity contribution in [1.82, 2.24) is 14.9 Å². The lowest BCUT2D eigenvalue weighted by Crippen LogP contribution is -2.43. The van der Waals surface area contributed by atoms with E-state index in [9.17, 15) is 4.79 Å². The highest BCUT2D eigenvalue weighted by molar-refractivity contribution is 5.89. The third-order valence-corrected chi connectivity index (χ3v) is 3.44. The van der Waals surface area contributed by atoms with E-state index in [-0.39, 0.29) is 5.56 Å². The standard InChI is InChI=1S/C13H16N4O/c1-16-12(18)3-2-10-11(4-5-15-13(10)16)17-8-6-14-7-9-17/h2-5,14H,6-9H2,1H3. The van der Waals surface area contributed by atoms with Gasteiger partial charge in [0.15, 0.2) is 0 Å². The first kappa shape index (κ1) is 11.2. The Morgan fingerprint density at radius 3 is 2.78 bits per heavy atom. The van der Waals surface area contributed by atoms with Crippen molar-refractivity contribution in [3.8, 4) is 0 Å². The van der Waals surface area contributed by atoms with Gasteiger partial charge in [-0.2, -0.15) is 0 Å². The van der Waals surface area contributed by atoms with Gasteiger partial charge in [-0.25, -0.2) is 4.98 Å². The first-order valence-corrected chi connectivity index (χ1v) is 6.18. The molecule has 2 aromatic heterocycles. The van der Waals surface area contributed by atoms with E-state index in [1.165, 1.54) is 0 Å². The van der Waals surface area contributed by atoms with Crippen molar-refractivity contribution in [2.45, 2.75) is 0 Å². The number of rotatable bonds is 1. The molecule has 3 heterocycles. The lowest BCUT2D eigenvalue weighted by Gasteiger charge is -2.30. The lowest BCUT2D eigenvalue weighted by atomic mass is 10.2. The summed E-state index contributed by atoms with van der Waals surface area (Å²) in [5.41, 5.74) is 1.89. The number of hydrogen-bond acceptors (Lipinski definition) is 4. The van der Waals surface area contributed by atoms with Crippen LogP contribution in [-0.4, -0.2) is 35.7 Å². The van der Waals surface area contributed by atoms with Crippen LogP contribution in [0.2, 0.25) is 0 Å². The summed E-state index contributed by atoms with van der Waals surface area (Å²) in [6.07, 6.45) is 1.78. The molecule has 5 nitrogen and oxygen atoms in total. The average Bonchev–Trinajstić information content (AvgIpc) is 2.43. The molecule has 0 aromatic carbocycles. The topological polar surface area (TPSA) is 50.2 Å². The van der Waals surface area contributed by atoms with Crippen LogP contribution in [0.3, 0.4) is 0 Å². The SMILES string of the molecule is Cn1c(=O)ccc2c(N3CCNCC3)ccnc21.